The van der Waals surface area contributed by atoms with Gasteiger partial charge in [-0.3, -0.25) is 4.79 Å². The Morgan fingerprint density at radius 3 is 2.76 bits per heavy atom. The molecule has 1 rings (SSSR count). The fraction of sp³-hybridized carbons (Fsp3) is 0.625. The number of hydrogen-bond donors (Lipinski definition) is 2. The third kappa shape index (κ3) is 6.58. The summed E-state index contributed by atoms with van der Waals surface area (Å²) in [5.74, 6) is 0.716. The monoisotopic (exact) mass is 293 g/mol. The summed E-state index contributed by atoms with van der Waals surface area (Å²) in [5.41, 5.74) is 1.62. The molecule has 2 N–H and O–H groups in total. The molecule has 0 saturated carbocycles. The summed E-state index contributed by atoms with van der Waals surface area (Å²) >= 11 is 0. The van der Waals surface area contributed by atoms with Crippen LogP contribution in [0.3, 0.4) is 0 Å². The third-order valence-electron chi connectivity index (χ3n) is 2.96. The minimum absolute atomic E-state index is 0.0506. The molecule has 118 valence electrons. The lowest BCUT2D eigenvalue weighted by Crippen LogP contribution is -2.25. The van der Waals surface area contributed by atoms with E-state index in [-0.39, 0.29) is 5.91 Å². The van der Waals surface area contributed by atoms with Crippen LogP contribution in [0.2, 0.25) is 0 Å². The van der Waals surface area contributed by atoms with E-state index in [1.807, 2.05) is 19.9 Å². The maximum atomic E-state index is 12.2. The number of hydrogen-bond acceptors (Lipinski definition) is 4. The van der Waals surface area contributed by atoms with Crippen LogP contribution in [0.1, 0.15) is 49.7 Å². The van der Waals surface area contributed by atoms with Gasteiger partial charge in [0.15, 0.2) is 0 Å². The van der Waals surface area contributed by atoms with E-state index >= 15 is 0 Å². The van der Waals surface area contributed by atoms with Gasteiger partial charge >= 0.3 is 0 Å². The van der Waals surface area contributed by atoms with Gasteiger partial charge in [-0.05, 0) is 38.8 Å². The van der Waals surface area contributed by atoms with E-state index in [1.54, 1.807) is 6.07 Å². The Morgan fingerprint density at radius 1 is 1.29 bits per heavy atom. The maximum Gasteiger partial charge on any atom is 0.251 e. The van der Waals surface area contributed by atoms with Gasteiger partial charge in [-0.25, -0.2) is 4.98 Å². The largest absolute Gasteiger partial charge is 0.382 e. The summed E-state index contributed by atoms with van der Waals surface area (Å²) < 4.78 is 5.25. The number of ether oxygens (including phenoxy) is 1. The molecule has 0 spiro atoms. The van der Waals surface area contributed by atoms with Gasteiger partial charge in [0.05, 0.1) is 0 Å². The van der Waals surface area contributed by atoms with Crippen LogP contribution in [0.5, 0.6) is 0 Å². The Hall–Kier alpha value is -1.62. The van der Waals surface area contributed by atoms with Gasteiger partial charge in [-0.2, -0.15) is 0 Å². The number of aryl methyl sites for hydroxylation is 1. The number of carbonyl (C=O) groups is 1. The van der Waals surface area contributed by atoms with E-state index in [1.165, 1.54) is 0 Å². The minimum Gasteiger partial charge on any atom is -0.382 e. The highest BCUT2D eigenvalue weighted by atomic mass is 16.5. The van der Waals surface area contributed by atoms with E-state index in [2.05, 4.69) is 22.5 Å². The Bertz CT molecular complexity index is 411. The van der Waals surface area contributed by atoms with Gasteiger partial charge in [0.1, 0.15) is 5.82 Å². The van der Waals surface area contributed by atoms with Crippen LogP contribution in [0, 0.1) is 0 Å². The first-order valence-corrected chi connectivity index (χ1v) is 7.82. The molecule has 0 bridgehead atoms. The Labute approximate surface area is 127 Å². The first kappa shape index (κ1) is 17.4. The molecule has 0 aromatic carbocycles. The average molecular weight is 293 g/mol. The molecule has 0 fully saturated rings. The molecule has 0 atom stereocenters. The second-order valence-corrected chi connectivity index (χ2v) is 4.82. The first-order valence-electron chi connectivity index (χ1n) is 7.82. The molecule has 1 aromatic heterocycles. The van der Waals surface area contributed by atoms with Crippen molar-refractivity contribution >= 4 is 11.7 Å². The number of pyridine rings is 1. The van der Waals surface area contributed by atoms with E-state index in [9.17, 15) is 4.79 Å². The quantitative estimate of drug-likeness (QED) is 0.651. The fourth-order valence-corrected chi connectivity index (χ4v) is 2.00. The smallest absolute Gasteiger partial charge is 0.251 e. The summed E-state index contributed by atoms with van der Waals surface area (Å²) in [4.78, 5) is 16.7. The summed E-state index contributed by atoms with van der Waals surface area (Å²) in [6.07, 6.45) is 2.72. The normalized spacial score (nSPS) is 10.4. The van der Waals surface area contributed by atoms with E-state index < -0.39 is 0 Å². The number of nitrogens with one attached hydrogen (secondary N) is 2. The topological polar surface area (TPSA) is 63.2 Å². The molecule has 0 aliphatic carbocycles. The van der Waals surface area contributed by atoms with Crippen molar-refractivity contribution in [3.63, 3.8) is 0 Å². The van der Waals surface area contributed by atoms with Crippen LogP contribution in [0.4, 0.5) is 5.82 Å². The summed E-state index contributed by atoms with van der Waals surface area (Å²) in [5, 5.41) is 6.10. The van der Waals surface area contributed by atoms with E-state index in [4.69, 9.17) is 4.74 Å². The van der Waals surface area contributed by atoms with Gasteiger partial charge < -0.3 is 15.4 Å². The van der Waals surface area contributed by atoms with Crippen LogP contribution in [-0.4, -0.2) is 37.2 Å². The van der Waals surface area contributed by atoms with Gasteiger partial charge in [0, 0.05) is 37.6 Å². The molecule has 21 heavy (non-hydrogen) atoms. The predicted molar refractivity (Wildman–Crippen MR) is 85.8 cm³/mol. The number of anilines is 1. The van der Waals surface area contributed by atoms with Gasteiger partial charge in [0.25, 0.3) is 5.91 Å². The van der Waals surface area contributed by atoms with Crippen molar-refractivity contribution in [3.05, 3.63) is 23.4 Å². The SMILES string of the molecule is CCCc1cc(C(=O)NCCCOCC)cc(NCC)n1. The zero-order valence-corrected chi connectivity index (χ0v) is 13.4. The van der Waals surface area contributed by atoms with Gasteiger partial charge in [-0.1, -0.05) is 13.3 Å². The molecule has 0 unspecified atom stereocenters. The number of rotatable bonds is 10. The third-order valence-corrected chi connectivity index (χ3v) is 2.96. The summed E-state index contributed by atoms with van der Waals surface area (Å²) in [6.45, 7) is 8.89. The molecule has 1 heterocycles. The summed E-state index contributed by atoms with van der Waals surface area (Å²) in [6, 6.07) is 3.68. The lowest BCUT2D eigenvalue weighted by molar-refractivity contribution is 0.0944. The van der Waals surface area contributed by atoms with Crippen molar-refractivity contribution in [2.75, 3.05) is 31.6 Å². The van der Waals surface area contributed by atoms with Crippen molar-refractivity contribution in [2.45, 2.75) is 40.0 Å². The highest BCUT2D eigenvalue weighted by Gasteiger charge is 2.09. The van der Waals surface area contributed by atoms with Crippen molar-refractivity contribution in [2.24, 2.45) is 0 Å². The molecule has 1 amide bonds. The molecule has 5 nitrogen and oxygen atoms in total. The molecule has 0 radical (unpaired) electrons. The second kappa shape index (κ2) is 10.2. The van der Waals surface area contributed by atoms with Crippen LogP contribution >= 0.6 is 0 Å². The number of amides is 1. The van der Waals surface area contributed by atoms with Crippen molar-refractivity contribution in [1.29, 1.82) is 0 Å². The lowest BCUT2D eigenvalue weighted by atomic mass is 10.1. The zero-order chi connectivity index (χ0) is 15.5. The zero-order valence-electron chi connectivity index (χ0n) is 13.4. The van der Waals surface area contributed by atoms with E-state index in [0.29, 0.717) is 25.3 Å². The van der Waals surface area contributed by atoms with E-state index in [0.717, 1.165) is 37.3 Å². The highest BCUT2D eigenvalue weighted by molar-refractivity contribution is 5.95. The van der Waals surface area contributed by atoms with Crippen LogP contribution in [-0.2, 0) is 11.2 Å². The Morgan fingerprint density at radius 2 is 2.10 bits per heavy atom. The van der Waals surface area contributed by atoms with Gasteiger partial charge in [0.2, 0.25) is 0 Å². The van der Waals surface area contributed by atoms with Gasteiger partial charge in [-0.15, -0.1) is 0 Å². The van der Waals surface area contributed by atoms with Crippen molar-refractivity contribution in [1.82, 2.24) is 10.3 Å². The Kier molecular flexibility index (Phi) is 8.43. The number of aromatic nitrogens is 1. The molecule has 0 saturated heterocycles. The van der Waals surface area contributed by atoms with Crippen molar-refractivity contribution in [3.8, 4) is 0 Å². The van der Waals surface area contributed by atoms with Crippen LogP contribution in [0.25, 0.3) is 0 Å². The van der Waals surface area contributed by atoms with Crippen LogP contribution < -0.4 is 10.6 Å². The standard InChI is InChI=1S/C16H27N3O2/c1-4-8-14-11-13(12-15(19-14)17-5-2)16(20)18-9-7-10-21-6-3/h11-12H,4-10H2,1-3H3,(H,17,19)(H,18,20). The molecular formula is C16H27N3O2. The van der Waals surface area contributed by atoms with Crippen molar-refractivity contribution < 1.29 is 9.53 Å². The lowest BCUT2D eigenvalue weighted by Gasteiger charge is -2.10. The first-order chi connectivity index (χ1) is 10.2. The fourth-order valence-electron chi connectivity index (χ4n) is 2.00. The molecule has 0 aliphatic rings. The second-order valence-electron chi connectivity index (χ2n) is 4.82. The predicted octanol–water partition coefficient (Wildman–Crippen LogP) is 2.62. The average Bonchev–Trinajstić information content (AvgIpc) is 2.47. The molecule has 0 aliphatic heterocycles. The minimum atomic E-state index is -0.0506. The van der Waals surface area contributed by atoms with Crippen LogP contribution in [0.15, 0.2) is 12.1 Å². The summed E-state index contributed by atoms with van der Waals surface area (Å²) in [7, 11) is 0. The molecule has 1 aromatic rings. The molecular weight excluding hydrogens is 266 g/mol. The number of nitrogens with zero attached hydrogens (tertiary/aromatic N) is 1. The molecule has 5 heteroatoms. The number of carbonyl (C=O) groups excluding carboxylic acids is 1. The maximum absolute atomic E-state index is 12.2. The Balaban J connectivity index is 2.64. The highest BCUT2D eigenvalue weighted by Crippen LogP contribution is 2.12.